The molecule has 0 unspecified atom stereocenters. The van der Waals surface area contributed by atoms with E-state index in [4.69, 9.17) is 20.4 Å². The van der Waals surface area contributed by atoms with Crippen molar-refractivity contribution < 1.29 is 13.6 Å². The molecule has 2 aromatic heterocycles. The van der Waals surface area contributed by atoms with Gasteiger partial charge in [-0.05, 0) is 42.0 Å². The Hall–Kier alpha value is -3.31. The molecule has 4 rings (SSSR count). The molecule has 0 aliphatic carbocycles. The Balaban J connectivity index is 1.71. The number of nitrogens with zero attached hydrogens (tertiary/aromatic N) is 1. The van der Waals surface area contributed by atoms with Crippen LogP contribution in [0, 0.1) is 0 Å². The van der Waals surface area contributed by atoms with Gasteiger partial charge in [-0.15, -0.1) is 0 Å². The summed E-state index contributed by atoms with van der Waals surface area (Å²) in [5.74, 6) is 0.177. The number of halogens is 1. The fourth-order valence-corrected chi connectivity index (χ4v) is 3.24. The second-order valence-corrected chi connectivity index (χ2v) is 6.79. The van der Waals surface area contributed by atoms with Gasteiger partial charge in [-0.1, -0.05) is 41.9 Å². The van der Waals surface area contributed by atoms with Gasteiger partial charge in [0.15, 0.2) is 0 Å². The molecular weight excluding hydrogens is 378 g/mol. The first-order valence-corrected chi connectivity index (χ1v) is 9.07. The van der Waals surface area contributed by atoms with Crippen LogP contribution in [0.1, 0.15) is 21.7 Å². The largest absolute Gasteiger partial charge is 0.467 e. The van der Waals surface area contributed by atoms with Crippen LogP contribution in [0.25, 0.3) is 11.0 Å². The number of carbonyl (C=O) groups is 1. The van der Waals surface area contributed by atoms with E-state index in [-0.39, 0.29) is 18.7 Å². The van der Waals surface area contributed by atoms with E-state index in [9.17, 15) is 9.59 Å². The summed E-state index contributed by atoms with van der Waals surface area (Å²) in [6, 6.07) is 19.4. The standard InChI is InChI=1S/C22H16ClNO4/c23-17-7-3-5-15(11-17)13-24(14-18-8-4-10-27-18)21(25)19-12-16-6-1-2-9-20(16)28-22(19)26/h1-12H,13-14H2. The highest BCUT2D eigenvalue weighted by Gasteiger charge is 2.22. The minimum absolute atomic E-state index is 0.0210. The van der Waals surface area contributed by atoms with Crippen molar-refractivity contribution in [2.24, 2.45) is 0 Å². The molecule has 4 aromatic rings. The van der Waals surface area contributed by atoms with E-state index in [1.165, 1.54) is 4.90 Å². The van der Waals surface area contributed by atoms with Gasteiger partial charge < -0.3 is 13.7 Å². The average Bonchev–Trinajstić information content (AvgIpc) is 3.19. The summed E-state index contributed by atoms with van der Waals surface area (Å²) >= 11 is 6.07. The summed E-state index contributed by atoms with van der Waals surface area (Å²) < 4.78 is 10.7. The molecule has 5 nitrogen and oxygen atoms in total. The monoisotopic (exact) mass is 393 g/mol. The SMILES string of the molecule is O=C(c1cc2ccccc2oc1=O)N(Cc1cccc(Cl)c1)Cc1ccco1. The van der Waals surface area contributed by atoms with Crippen LogP contribution < -0.4 is 5.63 Å². The van der Waals surface area contributed by atoms with Crippen molar-refractivity contribution in [3.05, 3.63) is 105 Å². The Labute approximate surface area is 165 Å². The molecule has 0 aliphatic heterocycles. The molecule has 0 radical (unpaired) electrons. The number of benzene rings is 2. The predicted octanol–water partition coefficient (Wildman–Crippen LogP) is 4.88. The molecule has 0 atom stereocenters. The lowest BCUT2D eigenvalue weighted by Crippen LogP contribution is -2.33. The lowest BCUT2D eigenvalue weighted by Gasteiger charge is -2.21. The van der Waals surface area contributed by atoms with E-state index < -0.39 is 11.5 Å². The topological polar surface area (TPSA) is 63.7 Å². The van der Waals surface area contributed by atoms with E-state index in [0.717, 1.165) is 5.56 Å². The first-order valence-electron chi connectivity index (χ1n) is 8.69. The molecule has 28 heavy (non-hydrogen) atoms. The summed E-state index contributed by atoms with van der Waals surface area (Å²) in [4.78, 5) is 27.2. The quantitative estimate of drug-likeness (QED) is 0.453. The molecule has 1 amide bonds. The average molecular weight is 394 g/mol. The number of amides is 1. The maximum Gasteiger partial charge on any atom is 0.349 e. The van der Waals surface area contributed by atoms with E-state index in [1.807, 2.05) is 18.2 Å². The van der Waals surface area contributed by atoms with Gasteiger partial charge in [0.2, 0.25) is 0 Å². The summed E-state index contributed by atoms with van der Waals surface area (Å²) in [5.41, 5.74) is 0.598. The first kappa shape index (κ1) is 18.1. The van der Waals surface area contributed by atoms with Crippen molar-refractivity contribution in [2.45, 2.75) is 13.1 Å². The fraction of sp³-hybridized carbons (Fsp3) is 0.0909. The third kappa shape index (κ3) is 3.85. The summed E-state index contributed by atoms with van der Waals surface area (Å²) in [6.45, 7) is 0.483. The zero-order chi connectivity index (χ0) is 19.5. The molecule has 0 aliphatic rings. The molecular formula is C22H16ClNO4. The second kappa shape index (κ2) is 7.74. The molecule has 2 aromatic carbocycles. The van der Waals surface area contributed by atoms with Crippen molar-refractivity contribution in [1.29, 1.82) is 0 Å². The van der Waals surface area contributed by atoms with Crippen LogP contribution in [0.3, 0.4) is 0 Å². The third-order valence-electron chi connectivity index (χ3n) is 4.35. The number of rotatable bonds is 5. The molecule has 6 heteroatoms. The highest BCUT2D eigenvalue weighted by molar-refractivity contribution is 6.30. The van der Waals surface area contributed by atoms with Crippen LogP contribution in [0.2, 0.25) is 5.02 Å². The van der Waals surface area contributed by atoms with Crippen LogP contribution in [0.15, 0.2) is 86.6 Å². The normalized spacial score (nSPS) is 10.9. The van der Waals surface area contributed by atoms with Crippen LogP contribution in [0.5, 0.6) is 0 Å². The smallest absolute Gasteiger partial charge is 0.349 e. The maximum absolute atomic E-state index is 13.2. The van der Waals surface area contributed by atoms with E-state index in [2.05, 4.69) is 0 Å². The van der Waals surface area contributed by atoms with E-state index >= 15 is 0 Å². The van der Waals surface area contributed by atoms with Crippen molar-refractivity contribution in [3.8, 4) is 0 Å². The molecule has 0 N–H and O–H groups in total. The Bertz CT molecular complexity index is 1180. The Morgan fingerprint density at radius 2 is 1.82 bits per heavy atom. The minimum atomic E-state index is -0.667. The molecule has 0 saturated heterocycles. The van der Waals surface area contributed by atoms with E-state index in [1.54, 1.807) is 54.8 Å². The van der Waals surface area contributed by atoms with Gasteiger partial charge in [-0.3, -0.25) is 4.79 Å². The van der Waals surface area contributed by atoms with Crippen molar-refractivity contribution >= 4 is 28.5 Å². The van der Waals surface area contributed by atoms with Crippen LogP contribution in [-0.4, -0.2) is 10.8 Å². The zero-order valence-corrected chi connectivity index (χ0v) is 15.6. The Kier molecular flexibility index (Phi) is 5.00. The van der Waals surface area contributed by atoms with Crippen LogP contribution in [-0.2, 0) is 13.1 Å². The van der Waals surface area contributed by atoms with Gasteiger partial charge in [-0.2, -0.15) is 0 Å². The lowest BCUT2D eigenvalue weighted by molar-refractivity contribution is 0.0713. The van der Waals surface area contributed by atoms with Gasteiger partial charge in [0.05, 0.1) is 12.8 Å². The Morgan fingerprint density at radius 3 is 2.61 bits per heavy atom. The van der Waals surface area contributed by atoms with Gasteiger partial charge >= 0.3 is 5.63 Å². The highest BCUT2D eigenvalue weighted by Crippen LogP contribution is 2.18. The number of fused-ring (bicyclic) bond motifs is 1. The highest BCUT2D eigenvalue weighted by atomic mass is 35.5. The maximum atomic E-state index is 13.2. The lowest BCUT2D eigenvalue weighted by atomic mass is 10.1. The summed E-state index contributed by atoms with van der Waals surface area (Å²) in [5, 5.41) is 1.26. The number of furan rings is 1. The third-order valence-corrected chi connectivity index (χ3v) is 4.58. The molecule has 2 heterocycles. The molecule has 0 bridgehead atoms. The second-order valence-electron chi connectivity index (χ2n) is 6.36. The Morgan fingerprint density at radius 1 is 0.964 bits per heavy atom. The van der Waals surface area contributed by atoms with Gasteiger partial charge in [0.1, 0.15) is 16.9 Å². The van der Waals surface area contributed by atoms with Gasteiger partial charge in [0.25, 0.3) is 5.91 Å². The predicted molar refractivity (Wildman–Crippen MR) is 106 cm³/mol. The molecule has 0 saturated carbocycles. The van der Waals surface area contributed by atoms with Gasteiger partial charge in [-0.25, -0.2) is 4.79 Å². The van der Waals surface area contributed by atoms with E-state index in [0.29, 0.717) is 21.8 Å². The zero-order valence-electron chi connectivity index (χ0n) is 14.8. The number of para-hydroxylation sites is 1. The van der Waals surface area contributed by atoms with Crippen molar-refractivity contribution in [2.75, 3.05) is 0 Å². The molecule has 140 valence electrons. The minimum Gasteiger partial charge on any atom is -0.467 e. The van der Waals surface area contributed by atoms with Gasteiger partial charge in [0, 0.05) is 17.0 Å². The fourth-order valence-electron chi connectivity index (χ4n) is 3.03. The van der Waals surface area contributed by atoms with Crippen molar-refractivity contribution in [3.63, 3.8) is 0 Å². The van der Waals surface area contributed by atoms with Crippen LogP contribution >= 0.6 is 11.6 Å². The first-order chi connectivity index (χ1) is 13.6. The number of hydrogen-bond acceptors (Lipinski definition) is 4. The summed E-state index contributed by atoms with van der Waals surface area (Å²) in [7, 11) is 0. The van der Waals surface area contributed by atoms with Crippen LogP contribution in [0.4, 0.5) is 0 Å². The molecule has 0 spiro atoms. The summed E-state index contributed by atoms with van der Waals surface area (Å²) in [6.07, 6.45) is 1.54. The van der Waals surface area contributed by atoms with Crippen molar-refractivity contribution in [1.82, 2.24) is 4.90 Å². The number of carbonyl (C=O) groups excluding carboxylic acids is 1. The number of hydrogen-bond donors (Lipinski definition) is 0. The molecule has 0 fully saturated rings.